The Bertz CT molecular complexity index is 1290. The van der Waals surface area contributed by atoms with Crippen molar-refractivity contribution < 1.29 is 9.53 Å². The summed E-state index contributed by atoms with van der Waals surface area (Å²) in [7, 11) is 0. The molecule has 1 amide bonds. The van der Waals surface area contributed by atoms with Crippen LogP contribution in [0, 0.1) is 0 Å². The predicted molar refractivity (Wildman–Crippen MR) is 108 cm³/mol. The molecule has 0 saturated carbocycles. The van der Waals surface area contributed by atoms with E-state index < -0.39 is 11.7 Å². The molecular formula is C18H14Cl2N8O2. The molecule has 12 heteroatoms. The van der Waals surface area contributed by atoms with Crippen molar-refractivity contribution in [3.63, 3.8) is 0 Å². The summed E-state index contributed by atoms with van der Waals surface area (Å²) in [5, 5.41) is 15.6. The number of ether oxygens (including phenoxy) is 1. The largest absolute Gasteiger partial charge is 0.351 e. The molecule has 0 aliphatic carbocycles. The van der Waals surface area contributed by atoms with Gasteiger partial charge in [0.1, 0.15) is 5.60 Å². The Morgan fingerprint density at radius 2 is 1.93 bits per heavy atom. The van der Waals surface area contributed by atoms with Gasteiger partial charge < -0.3 is 10.1 Å². The maximum Gasteiger partial charge on any atom is 0.258 e. The van der Waals surface area contributed by atoms with E-state index in [1.54, 1.807) is 22.8 Å². The number of carbonyl (C=O) groups is 1. The van der Waals surface area contributed by atoms with E-state index in [1.807, 2.05) is 13.8 Å². The van der Waals surface area contributed by atoms with Crippen molar-refractivity contribution in [3.8, 4) is 5.82 Å². The smallest absolute Gasteiger partial charge is 0.258 e. The number of rotatable bonds is 3. The van der Waals surface area contributed by atoms with Crippen molar-refractivity contribution in [2.75, 3.05) is 5.32 Å². The normalized spacial score (nSPS) is 17.3. The summed E-state index contributed by atoms with van der Waals surface area (Å²) in [6.07, 6.45) is 5.23. The molecule has 1 atom stereocenters. The third-order valence-electron chi connectivity index (χ3n) is 4.68. The summed E-state index contributed by atoms with van der Waals surface area (Å²) >= 11 is 12.3. The number of carbonyl (C=O) groups excluding carboxylic acids is 1. The van der Waals surface area contributed by atoms with E-state index in [4.69, 9.17) is 27.9 Å². The fourth-order valence-electron chi connectivity index (χ4n) is 3.50. The Balaban J connectivity index is 1.46. The van der Waals surface area contributed by atoms with Crippen LogP contribution in [0.15, 0.2) is 36.9 Å². The van der Waals surface area contributed by atoms with Gasteiger partial charge in [0.2, 0.25) is 0 Å². The number of fused-ring (bicyclic) bond motifs is 3. The molecular weight excluding hydrogens is 431 g/mol. The number of amides is 1. The topological polar surface area (TPSA) is 112 Å². The van der Waals surface area contributed by atoms with Crippen LogP contribution in [0.1, 0.15) is 31.2 Å². The molecule has 0 spiro atoms. The van der Waals surface area contributed by atoms with Crippen LogP contribution in [0.5, 0.6) is 0 Å². The molecule has 0 bridgehead atoms. The lowest BCUT2D eigenvalue weighted by Crippen LogP contribution is -2.24. The summed E-state index contributed by atoms with van der Waals surface area (Å²) in [6.45, 7) is 3.72. The van der Waals surface area contributed by atoms with Gasteiger partial charge in [-0.05, 0) is 19.9 Å². The summed E-state index contributed by atoms with van der Waals surface area (Å²) in [5.74, 6) is -0.0329. The monoisotopic (exact) mass is 444 g/mol. The van der Waals surface area contributed by atoms with Crippen molar-refractivity contribution in [1.82, 2.24) is 34.6 Å². The molecule has 152 valence electrons. The van der Waals surface area contributed by atoms with Gasteiger partial charge in [-0.3, -0.25) is 4.79 Å². The number of anilines is 1. The van der Waals surface area contributed by atoms with Crippen molar-refractivity contribution in [1.29, 1.82) is 0 Å². The van der Waals surface area contributed by atoms with E-state index in [2.05, 4.69) is 30.6 Å². The van der Waals surface area contributed by atoms with Gasteiger partial charge in [0, 0.05) is 17.8 Å². The van der Waals surface area contributed by atoms with Crippen LogP contribution in [0.3, 0.4) is 0 Å². The second-order valence-electron chi connectivity index (χ2n) is 7.14. The van der Waals surface area contributed by atoms with Gasteiger partial charge in [0.15, 0.2) is 22.7 Å². The quantitative estimate of drug-likeness (QED) is 0.516. The third-order valence-corrected chi connectivity index (χ3v) is 5.15. The van der Waals surface area contributed by atoms with E-state index in [0.29, 0.717) is 27.9 Å². The van der Waals surface area contributed by atoms with Crippen LogP contribution in [0.2, 0.25) is 10.2 Å². The average molecular weight is 445 g/mol. The van der Waals surface area contributed by atoms with Crippen LogP contribution < -0.4 is 5.32 Å². The zero-order chi connectivity index (χ0) is 21.0. The number of halogens is 2. The first-order chi connectivity index (χ1) is 14.3. The van der Waals surface area contributed by atoms with Crippen LogP contribution in [-0.4, -0.2) is 40.5 Å². The Morgan fingerprint density at radius 3 is 2.67 bits per heavy atom. The molecule has 30 heavy (non-hydrogen) atoms. The molecule has 4 aromatic heterocycles. The zero-order valence-electron chi connectivity index (χ0n) is 15.7. The van der Waals surface area contributed by atoms with Gasteiger partial charge in [-0.2, -0.15) is 15.3 Å². The van der Waals surface area contributed by atoms with Crippen LogP contribution >= 0.6 is 23.2 Å². The van der Waals surface area contributed by atoms with Crippen LogP contribution in [-0.2, 0) is 15.1 Å². The van der Waals surface area contributed by atoms with Crippen molar-refractivity contribution in [3.05, 3.63) is 58.4 Å². The van der Waals surface area contributed by atoms with E-state index >= 15 is 0 Å². The van der Waals surface area contributed by atoms with Gasteiger partial charge in [-0.1, -0.05) is 23.2 Å². The van der Waals surface area contributed by atoms with Gasteiger partial charge in [0.25, 0.3) is 5.91 Å². The highest BCUT2D eigenvalue weighted by molar-refractivity contribution is 6.32. The predicted octanol–water partition coefficient (Wildman–Crippen LogP) is 2.96. The standard InChI is InChI=1S/C18H14Cl2N8O2/c1-18(2)15-10(8-21-13-6-12(20)26-27(13)15)14(30-18)17(29)25-9-5-11(19)16(22-7-9)28-23-3-4-24-28/h3-8,14H,1-2H3,(H,25,29)/t14-/m1/s1. The molecule has 0 aromatic carbocycles. The average Bonchev–Trinajstić information content (AvgIpc) is 3.39. The SMILES string of the molecule is CC1(C)O[C@@H](C(=O)Nc2cnc(-n3nccn3)c(Cl)c2)c2cnc3cc(Cl)nn3c21. The number of nitrogens with zero attached hydrogens (tertiary/aromatic N) is 7. The minimum Gasteiger partial charge on any atom is -0.351 e. The molecule has 5 heterocycles. The molecule has 0 saturated heterocycles. The first-order valence-electron chi connectivity index (χ1n) is 8.89. The van der Waals surface area contributed by atoms with E-state index in [-0.39, 0.29) is 10.9 Å². The van der Waals surface area contributed by atoms with Gasteiger partial charge in [-0.15, -0.1) is 4.80 Å². The summed E-state index contributed by atoms with van der Waals surface area (Å²) in [4.78, 5) is 22.9. The number of aromatic nitrogens is 7. The molecule has 4 aromatic rings. The number of pyridine rings is 1. The Kier molecular flexibility index (Phi) is 4.24. The zero-order valence-corrected chi connectivity index (χ0v) is 17.3. The number of hydrogen-bond donors (Lipinski definition) is 1. The fraction of sp³-hybridized carbons (Fsp3) is 0.222. The van der Waals surface area contributed by atoms with Gasteiger partial charge in [-0.25, -0.2) is 14.5 Å². The highest BCUT2D eigenvalue weighted by Gasteiger charge is 2.44. The second kappa shape index (κ2) is 6.73. The molecule has 1 aliphatic heterocycles. The third kappa shape index (κ3) is 3.00. The van der Waals surface area contributed by atoms with Gasteiger partial charge in [0.05, 0.1) is 35.0 Å². The Labute approximate surface area is 179 Å². The Hall–Kier alpha value is -3.08. The molecule has 5 rings (SSSR count). The lowest BCUT2D eigenvalue weighted by atomic mass is 10.0. The van der Waals surface area contributed by atoms with E-state index in [1.165, 1.54) is 23.4 Å². The maximum atomic E-state index is 13.0. The van der Waals surface area contributed by atoms with Crippen LogP contribution in [0.4, 0.5) is 5.69 Å². The molecule has 0 radical (unpaired) electrons. The minimum atomic E-state index is -0.888. The van der Waals surface area contributed by atoms with E-state index in [9.17, 15) is 4.79 Å². The first-order valence-corrected chi connectivity index (χ1v) is 9.65. The highest BCUT2D eigenvalue weighted by atomic mass is 35.5. The summed E-state index contributed by atoms with van der Waals surface area (Å²) in [5.41, 5.74) is 1.54. The van der Waals surface area contributed by atoms with Crippen molar-refractivity contribution in [2.45, 2.75) is 25.6 Å². The fourth-order valence-corrected chi connectivity index (χ4v) is 3.92. The van der Waals surface area contributed by atoms with E-state index in [0.717, 1.165) is 5.69 Å². The lowest BCUT2D eigenvalue weighted by Gasteiger charge is -2.20. The molecule has 0 fully saturated rings. The molecule has 1 aliphatic rings. The first kappa shape index (κ1) is 18.9. The number of hydrogen-bond acceptors (Lipinski definition) is 7. The second-order valence-corrected chi connectivity index (χ2v) is 7.94. The van der Waals surface area contributed by atoms with Gasteiger partial charge >= 0.3 is 0 Å². The van der Waals surface area contributed by atoms with Crippen LogP contribution in [0.25, 0.3) is 11.5 Å². The lowest BCUT2D eigenvalue weighted by molar-refractivity contribution is -0.135. The molecule has 0 unspecified atom stereocenters. The summed E-state index contributed by atoms with van der Waals surface area (Å²) in [6, 6.07) is 3.22. The van der Waals surface area contributed by atoms with Crippen molar-refractivity contribution in [2.24, 2.45) is 0 Å². The highest BCUT2D eigenvalue weighted by Crippen LogP contribution is 2.43. The maximum absolute atomic E-state index is 13.0. The minimum absolute atomic E-state index is 0.284. The molecule has 10 nitrogen and oxygen atoms in total. The van der Waals surface area contributed by atoms with Crippen molar-refractivity contribution >= 4 is 40.4 Å². The summed E-state index contributed by atoms with van der Waals surface area (Å²) < 4.78 is 7.66. The Morgan fingerprint density at radius 1 is 1.17 bits per heavy atom. The number of nitrogens with one attached hydrogen (secondary N) is 1. The molecule has 1 N–H and O–H groups in total.